The van der Waals surface area contributed by atoms with E-state index in [1.165, 1.54) is 4.57 Å². The highest BCUT2D eigenvalue weighted by Crippen LogP contribution is 2.35. The summed E-state index contributed by atoms with van der Waals surface area (Å²) < 4.78 is 10.6. The molecule has 4 aromatic rings. The number of benzene rings is 1. The molecule has 3 aliphatic heterocycles. The van der Waals surface area contributed by atoms with Crippen molar-refractivity contribution in [1.29, 1.82) is 0 Å². The summed E-state index contributed by atoms with van der Waals surface area (Å²) in [6.07, 6.45) is 9.21. The van der Waals surface area contributed by atoms with E-state index >= 15 is 0 Å². The Morgan fingerprint density at radius 2 is 1.76 bits per heavy atom. The first-order valence-electron chi connectivity index (χ1n) is 18.1. The van der Waals surface area contributed by atoms with Crippen LogP contribution in [0.1, 0.15) is 88.7 Å². The van der Waals surface area contributed by atoms with Gasteiger partial charge in [0.2, 0.25) is 11.8 Å². The molecular formula is C37H47N9O5. The molecule has 3 unspecified atom stereocenters. The molecule has 3 amide bonds. The van der Waals surface area contributed by atoms with Crippen molar-refractivity contribution in [1.82, 2.24) is 39.3 Å². The van der Waals surface area contributed by atoms with Gasteiger partial charge in [-0.3, -0.25) is 24.0 Å². The molecule has 3 aromatic heterocycles. The lowest BCUT2D eigenvalue weighted by molar-refractivity contribution is -0.135. The van der Waals surface area contributed by atoms with Gasteiger partial charge in [-0.2, -0.15) is 0 Å². The molecule has 0 aliphatic carbocycles. The van der Waals surface area contributed by atoms with Crippen LogP contribution in [0.15, 0.2) is 47.4 Å². The number of anilines is 1. The van der Waals surface area contributed by atoms with Crippen molar-refractivity contribution in [3.8, 4) is 0 Å². The number of likely N-dealkylation sites (tertiary alicyclic amines) is 1. The van der Waals surface area contributed by atoms with Gasteiger partial charge in [0.15, 0.2) is 0 Å². The first-order valence-corrected chi connectivity index (χ1v) is 18.1. The number of carbonyl (C=O) groups is 3. The topological polar surface area (TPSA) is 149 Å². The number of fused-ring (bicyclic) bond motifs is 3. The average molecular weight is 698 g/mol. The van der Waals surface area contributed by atoms with Crippen LogP contribution in [0, 0.1) is 0 Å². The highest BCUT2D eigenvalue weighted by molar-refractivity contribution is 6.00. The molecule has 51 heavy (non-hydrogen) atoms. The Balaban J connectivity index is 0.856. The van der Waals surface area contributed by atoms with E-state index in [4.69, 9.17) is 9.72 Å². The van der Waals surface area contributed by atoms with Crippen molar-refractivity contribution in [3.05, 3.63) is 70.0 Å². The van der Waals surface area contributed by atoms with E-state index in [2.05, 4.69) is 20.5 Å². The molecule has 0 saturated carbocycles. The molecule has 14 nitrogen and oxygen atoms in total. The Hall–Kier alpha value is -5.01. The van der Waals surface area contributed by atoms with Crippen molar-refractivity contribution in [2.24, 2.45) is 7.05 Å². The highest BCUT2D eigenvalue weighted by atomic mass is 16.6. The van der Waals surface area contributed by atoms with Crippen LogP contribution in [-0.2, 0) is 40.8 Å². The lowest BCUT2D eigenvalue weighted by Crippen LogP contribution is -2.50. The normalized spacial score (nSPS) is 20.4. The molecule has 270 valence electrons. The molecule has 3 atom stereocenters. The van der Waals surface area contributed by atoms with Gasteiger partial charge in [-0.1, -0.05) is 30.2 Å². The molecule has 0 radical (unpaired) electrons. The Morgan fingerprint density at radius 3 is 2.51 bits per heavy atom. The largest absolute Gasteiger partial charge is 0.444 e. The van der Waals surface area contributed by atoms with Crippen LogP contribution < -0.4 is 15.9 Å². The Morgan fingerprint density at radius 1 is 0.961 bits per heavy atom. The number of piperazine rings is 1. The number of nitrogens with one attached hydrogen (secondary N) is 1. The van der Waals surface area contributed by atoms with Gasteiger partial charge in [-0.25, -0.2) is 19.3 Å². The summed E-state index contributed by atoms with van der Waals surface area (Å²) in [5.41, 5.74) is 3.79. The number of hydrogen-bond acceptors (Lipinski definition) is 9. The second-order valence-electron chi connectivity index (χ2n) is 15.1. The van der Waals surface area contributed by atoms with E-state index < -0.39 is 17.6 Å². The first-order chi connectivity index (χ1) is 24.4. The van der Waals surface area contributed by atoms with Gasteiger partial charge < -0.3 is 14.5 Å². The van der Waals surface area contributed by atoms with Crippen molar-refractivity contribution in [3.63, 3.8) is 0 Å². The third-order valence-electron chi connectivity index (χ3n) is 10.2. The van der Waals surface area contributed by atoms with Crippen LogP contribution in [-0.4, -0.2) is 82.7 Å². The minimum atomic E-state index is -0.675. The molecule has 3 saturated heterocycles. The molecule has 6 heterocycles. The summed E-state index contributed by atoms with van der Waals surface area (Å²) in [7, 11) is 1.72. The number of amides is 3. The van der Waals surface area contributed by atoms with E-state index in [1.807, 2.05) is 72.9 Å². The van der Waals surface area contributed by atoms with Gasteiger partial charge >= 0.3 is 11.8 Å². The Bertz CT molecular complexity index is 2010. The van der Waals surface area contributed by atoms with Gasteiger partial charge in [0, 0.05) is 32.8 Å². The summed E-state index contributed by atoms with van der Waals surface area (Å²) >= 11 is 0. The predicted octanol–water partition coefficient (Wildman–Crippen LogP) is 3.90. The summed E-state index contributed by atoms with van der Waals surface area (Å²) in [5, 5.41) is 11.1. The van der Waals surface area contributed by atoms with Crippen LogP contribution in [0.2, 0.25) is 0 Å². The monoisotopic (exact) mass is 697 g/mol. The average Bonchev–Trinajstić information content (AvgIpc) is 3.87. The number of nitrogens with zero attached hydrogens (tertiary/aromatic N) is 8. The molecule has 3 fully saturated rings. The first kappa shape index (κ1) is 34.4. The fourth-order valence-corrected chi connectivity index (χ4v) is 7.69. The molecular weight excluding hydrogens is 650 g/mol. The molecule has 1 N–H and O–H groups in total. The molecule has 0 spiro atoms. The zero-order valence-electron chi connectivity index (χ0n) is 29.9. The minimum absolute atomic E-state index is 0.140. The molecule has 1 aromatic carbocycles. The second-order valence-corrected chi connectivity index (χ2v) is 15.1. The SMILES string of the molecule is Cn1c(=O)n(C2CCC(=O)NC2=O)c2ccc(CCCCCCc3cn(Cc4cccc(N5CC6CC5CN6C(=O)OC(C)(C)C)n4)nn3)cc21. The van der Waals surface area contributed by atoms with Gasteiger partial charge in [0.05, 0.1) is 41.0 Å². The van der Waals surface area contributed by atoms with E-state index in [-0.39, 0.29) is 36.2 Å². The summed E-state index contributed by atoms with van der Waals surface area (Å²) in [6.45, 7) is 7.64. The molecule has 3 aliphatic rings. The fraction of sp³-hybridized carbons (Fsp3) is 0.541. The van der Waals surface area contributed by atoms with Gasteiger partial charge in [0.1, 0.15) is 17.5 Å². The number of imide groups is 1. The van der Waals surface area contributed by atoms with Gasteiger partial charge in [0.25, 0.3) is 0 Å². The lowest BCUT2D eigenvalue weighted by atomic mass is 10.0. The van der Waals surface area contributed by atoms with E-state index in [0.717, 1.165) is 79.8 Å². The summed E-state index contributed by atoms with van der Waals surface area (Å²) in [4.78, 5) is 58.9. The van der Waals surface area contributed by atoms with Crippen molar-refractivity contribution in [2.45, 2.75) is 109 Å². The maximum Gasteiger partial charge on any atom is 0.410 e. The number of imidazole rings is 1. The van der Waals surface area contributed by atoms with Crippen LogP contribution in [0.25, 0.3) is 11.0 Å². The zero-order chi connectivity index (χ0) is 35.9. The smallest absolute Gasteiger partial charge is 0.410 e. The van der Waals surface area contributed by atoms with E-state index in [9.17, 15) is 19.2 Å². The summed E-state index contributed by atoms with van der Waals surface area (Å²) in [6, 6.07) is 11.8. The summed E-state index contributed by atoms with van der Waals surface area (Å²) in [5.74, 6) is 0.212. The van der Waals surface area contributed by atoms with Gasteiger partial charge in [-0.15, -0.1) is 5.10 Å². The second kappa shape index (κ2) is 14.0. The maximum absolute atomic E-state index is 13.0. The number of hydrogen-bond donors (Lipinski definition) is 1. The van der Waals surface area contributed by atoms with Crippen molar-refractivity contribution >= 4 is 34.8 Å². The van der Waals surface area contributed by atoms with Crippen LogP contribution in [0.5, 0.6) is 0 Å². The van der Waals surface area contributed by atoms with Crippen LogP contribution in [0.4, 0.5) is 10.6 Å². The maximum atomic E-state index is 13.0. The number of aryl methyl sites for hydroxylation is 3. The van der Waals surface area contributed by atoms with E-state index in [1.54, 1.807) is 11.6 Å². The van der Waals surface area contributed by atoms with Crippen molar-refractivity contribution < 1.29 is 19.1 Å². The van der Waals surface area contributed by atoms with Crippen LogP contribution >= 0.6 is 0 Å². The van der Waals surface area contributed by atoms with Crippen LogP contribution in [0.3, 0.4) is 0 Å². The number of ether oxygens (including phenoxy) is 1. The number of unbranched alkanes of at least 4 members (excludes halogenated alkanes) is 3. The quantitative estimate of drug-likeness (QED) is 0.182. The fourth-order valence-electron chi connectivity index (χ4n) is 7.69. The standard InChI is InChI=1S/C37H47N9O5/c1-37(2,3)51-36(50)45-23-27-19-28(45)22-44(27)32-13-9-12-25(38-32)20-43-21-26(40-41-43)11-8-6-5-7-10-24-14-15-29-31(18-24)42(4)35(49)46(29)30-16-17-33(47)39-34(30)48/h9,12-15,18,21,27-28,30H,5-8,10-11,16-17,19-20,22-23H2,1-4H3,(H,39,47,48). The number of pyridine rings is 1. The molecule has 2 bridgehead atoms. The number of carbonyl (C=O) groups excluding carboxylic acids is 3. The zero-order valence-corrected chi connectivity index (χ0v) is 29.9. The number of aromatic nitrogens is 6. The third kappa shape index (κ3) is 7.40. The minimum Gasteiger partial charge on any atom is -0.444 e. The third-order valence-corrected chi connectivity index (χ3v) is 10.2. The molecule has 7 rings (SSSR count). The highest BCUT2D eigenvalue weighted by Gasteiger charge is 2.47. The number of piperidine rings is 1. The van der Waals surface area contributed by atoms with Gasteiger partial charge in [-0.05, 0) is 89.1 Å². The lowest BCUT2D eigenvalue weighted by Gasteiger charge is -2.35. The van der Waals surface area contributed by atoms with Crippen molar-refractivity contribution in [2.75, 3.05) is 18.0 Å². The number of rotatable bonds is 11. The Kier molecular flexibility index (Phi) is 9.42. The Labute approximate surface area is 296 Å². The predicted molar refractivity (Wildman–Crippen MR) is 190 cm³/mol. The van der Waals surface area contributed by atoms with E-state index in [0.29, 0.717) is 25.0 Å². The molecule has 14 heteroatoms.